The van der Waals surface area contributed by atoms with Gasteiger partial charge in [0.05, 0.1) is 13.0 Å². The zero-order chi connectivity index (χ0) is 28.2. The van der Waals surface area contributed by atoms with Crippen LogP contribution in [0.15, 0.2) is 0 Å². The van der Waals surface area contributed by atoms with Gasteiger partial charge in [0.1, 0.15) is 0 Å². The molecule has 0 aromatic heterocycles. The molecule has 0 saturated heterocycles. The van der Waals surface area contributed by atoms with Crippen molar-refractivity contribution in [1.29, 1.82) is 0 Å². The average Bonchev–Trinajstić information content (AvgIpc) is 2.63. The number of esters is 1. The van der Waals surface area contributed by atoms with Crippen molar-refractivity contribution < 1.29 is 26.7 Å². The van der Waals surface area contributed by atoms with E-state index >= 15 is 0 Å². The number of rotatable bonds is 19. The Morgan fingerprint density at radius 3 is 1.72 bits per heavy atom. The number of amides is 1. The third-order valence-corrected chi connectivity index (χ3v) is 17.0. The number of hydrogen-bond acceptors (Lipinski definition) is 7. The minimum absolute atomic E-state index is 0.0670. The highest BCUT2D eigenvalue weighted by Gasteiger charge is 2.49. The van der Waals surface area contributed by atoms with Gasteiger partial charge >= 0.3 is 14.8 Å². The quantitative estimate of drug-likeness (QED) is 0.124. The van der Waals surface area contributed by atoms with Gasteiger partial charge in [0.15, 0.2) is 25.0 Å². The van der Waals surface area contributed by atoms with Crippen molar-refractivity contribution in [3.05, 3.63) is 0 Å². The Hall–Kier alpha value is -0.352. The molecule has 0 rings (SSSR count). The fraction of sp³-hybridized carbons (Fsp3) is 0.917. The van der Waals surface area contributed by atoms with E-state index in [0.29, 0.717) is 26.0 Å². The Bertz CT molecular complexity index is 620. The van der Waals surface area contributed by atoms with Gasteiger partial charge in [-0.15, -0.1) is 0 Å². The number of carbonyl (C=O) groups is 2. The van der Waals surface area contributed by atoms with Crippen LogP contribution in [0.3, 0.4) is 0 Å². The molecular formula is C24H56N2O6Si4. The molecule has 0 spiro atoms. The van der Waals surface area contributed by atoms with Crippen LogP contribution in [-0.2, 0) is 26.7 Å². The molecule has 0 saturated carbocycles. The van der Waals surface area contributed by atoms with Gasteiger partial charge in [0, 0.05) is 25.1 Å². The molecule has 1 N–H and O–H groups in total. The number of ether oxygens (including phenoxy) is 1. The van der Waals surface area contributed by atoms with E-state index in [9.17, 15) is 9.59 Å². The van der Waals surface area contributed by atoms with Crippen LogP contribution in [0.1, 0.15) is 45.4 Å². The minimum atomic E-state index is -2.86. The van der Waals surface area contributed by atoms with Crippen molar-refractivity contribution in [2.24, 2.45) is 0 Å². The van der Waals surface area contributed by atoms with Gasteiger partial charge in [0.2, 0.25) is 5.91 Å². The Kier molecular flexibility index (Phi) is 15.8. The fourth-order valence-corrected chi connectivity index (χ4v) is 18.5. The highest BCUT2D eigenvalue weighted by Crippen LogP contribution is 2.29. The first-order chi connectivity index (χ1) is 16.3. The maximum atomic E-state index is 12.4. The van der Waals surface area contributed by atoms with Crippen LogP contribution >= 0.6 is 0 Å². The van der Waals surface area contributed by atoms with Crippen LogP contribution in [0.4, 0.5) is 0 Å². The molecule has 214 valence electrons. The average molecular weight is 581 g/mol. The first kappa shape index (κ1) is 35.6. The molecule has 0 aromatic carbocycles. The molecule has 1 unspecified atom stereocenters. The van der Waals surface area contributed by atoms with E-state index in [2.05, 4.69) is 69.1 Å². The summed E-state index contributed by atoms with van der Waals surface area (Å²) < 4.78 is 25.2. The lowest BCUT2D eigenvalue weighted by atomic mass is 10.0. The monoisotopic (exact) mass is 580 g/mol. The Morgan fingerprint density at radius 2 is 1.31 bits per heavy atom. The van der Waals surface area contributed by atoms with Gasteiger partial charge in [-0.2, -0.15) is 0 Å². The third kappa shape index (κ3) is 18.8. The van der Waals surface area contributed by atoms with Crippen LogP contribution in [0.5, 0.6) is 0 Å². The molecule has 12 heteroatoms. The van der Waals surface area contributed by atoms with Crippen LogP contribution in [0, 0.1) is 0 Å². The van der Waals surface area contributed by atoms with Crippen LogP contribution in [0.25, 0.3) is 0 Å². The largest absolute Gasteiger partial charge is 0.469 e. The van der Waals surface area contributed by atoms with E-state index in [1.807, 2.05) is 21.0 Å². The summed E-state index contributed by atoms with van der Waals surface area (Å²) in [7, 11) is -4.58. The highest BCUT2D eigenvalue weighted by atomic mass is 28.5. The number of unbranched alkanes of at least 4 members (excludes halogenated alkanes) is 1. The summed E-state index contributed by atoms with van der Waals surface area (Å²) >= 11 is 0. The first-order valence-electron chi connectivity index (χ1n) is 13.5. The van der Waals surface area contributed by atoms with Gasteiger partial charge in [-0.1, -0.05) is 6.42 Å². The van der Waals surface area contributed by atoms with Crippen LogP contribution in [-0.4, -0.2) is 83.8 Å². The summed E-state index contributed by atoms with van der Waals surface area (Å²) in [5.41, 5.74) is 0. The molecule has 0 aromatic rings. The number of hydrogen-bond donors (Lipinski definition) is 1. The van der Waals surface area contributed by atoms with Gasteiger partial charge in [-0.25, -0.2) is 0 Å². The second kappa shape index (κ2) is 15.9. The van der Waals surface area contributed by atoms with Gasteiger partial charge in [-0.3, -0.25) is 9.59 Å². The maximum Gasteiger partial charge on any atom is 0.469 e. The second-order valence-corrected chi connectivity index (χ2v) is 29.6. The second-order valence-electron chi connectivity index (χ2n) is 12.7. The van der Waals surface area contributed by atoms with Crippen LogP contribution < -0.4 is 5.32 Å². The SMILES string of the molecule is CCOC(=O)CC(CCCCC(=O)NCCC[Si](O[Si](C)(C)C)(O[Si](C)(C)C)O[Si](C)(C)C)N(C)C. The summed E-state index contributed by atoms with van der Waals surface area (Å²) in [5, 5.41) is 3.07. The molecule has 8 nitrogen and oxygen atoms in total. The standard InChI is InChI=1S/C24H56N2O6Si4/c1-13-29-24(28)21-22(26(2)3)17-14-15-18-23(27)25-19-16-20-36(30-33(4,5)6,31-34(7,8)9)32-35(10,11)12/h22H,13-21H2,1-12H3,(H,25,27). The van der Waals surface area contributed by atoms with E-state index in [4.69, 9.17) is 17.1 Å². The predicted molar refractivity (Wildman–Crippen MR) is 159 cm³/mol. The zero-order valence-corrected chi connectivity index (χ0v) is 29.3. The summed E-state index contributed by atoms with van der Waals surface area (Å²) in [6, 6.07) is 0.860. The Morgan fingerprint density at radius 1 is 0.806 bits per heavy atom. The summed E-state index contributed by atoms with van der Waals surface area (Å²) in [4.78, 5) is 26.3. The van der Waals surface area contributed by atoms with Crippen molar-refractivity contribution >= 4 is 45.6 Å². The molecular weight excluding hydrogens is 525 g/mol. The van der Waals surface area contributed by atoms with Crippen molar-refractivity contribution in [2.75, 3.05) is 27.2 Å². The van der Waals surface area contributed by atoms with Crippen molar-refractivity contribution in [3.63, 3.8) is 0 Å². The summed E-state index contributed by atoms with van der Waals surface area (Å²) in [6.45, 7) is 22.5. The lowest BCUT2D eigenvalue weighted by Gasteiger charge is -2.43. The van der Waals surface area contributed by atoms with Gasteiger partial charge in [0.25, 0.3) is 0 Å². The minimum Gasteiger partial charge on any atom is -0.466 e. The lowest BCUT2D eigenvalue weighted by Crippen LogP contribution is -2.60. The Balaban J connectivity index is 4.77. The summed E-state index contributed by atoms with van der Waals surface area (Å²) in [5.74, 6) is -0.0969. The van der Waals surface area contributed by atoms with Crippen LogP contribution in [0.2, 0.25) is 65.0 Å². The smallest absolute Gasteiger partial charge is 0.466 e. The molecule has 0 aliphatic heterocycles. The van der Waals surface area contributed by atoms with E-state index in [1.54, 1.807) is 0 Å². The van der Waals surface area contributed by atoms with Gasteiger partial charge in [-0.05, 0) is 99.2 Å². The lowest BCUT2D eigenvalue weighted by molar-refractivity contribution is -0.144. The van der Waals surface area contributed by atoms with E-state index < -0.39 is 33.8 Å². The fourth-order valence-electron chi connectivity index (χ4n) is 3.86. The topological polar surface area (TPSA) is 86.3 Å². The molecule has 0 aliphatic rings. The third-order valence-electron chi connectivity index (χ3n) is 5.00. The Labute approximate surface area is 225 Å². The van der Waals surface area contributed by atoms with E-state index in [-0.39, 0.29) is 17.9 Å². The molecule has 0 bridgehead atoms. The molecule has 1 atom stereocenters. The zero-order valence-electron chi connectivity index (χ0n) is 25.3. The summed E-state index contributed by atoms with van der Waals surface area (Å²) in [6.07, 6.45) is 4.21. The maximum absolute atomic E-state index is 12.4. The number of nitrogens with one attached hydrogen (secondary N) is 1. The molecule has 0 radical (unpaired) electrons. The normalized spacial score (nSPS) is 14.1. The van der Waals surface area contributed by atoms with E-state index in [1.165, 1.54) is 0 Å². The molecule has 0 heterocycles. The van der Waals surface area contributed by atoms with Gasteiger partial charge < -0.3 is 27.3 Å². The van der Waals surface area contributed by atoms with Crippen molar-refractivity contribution in [2.45, 2.75) is 116 Å². The number of carbonyl (C=O) groups excluding carboxylic acids is 2. The molecule has 36 heavy (non-hydrogen) atoms. The van der Waals surface area contributed by atoms with E-state index in [0.717, 1.165) is 31.7 Å². The number of nitrogens with zero attached hydrogens (tertiary/aromatic N) is 1. The first-order valence-corrected chi connectivity index (χ1v) is 25.6. The molecule has 0 fully saturated rings. The molecule has 0 aliphatic carbocycles. The highest BCUT2D eigenvalue weighted by molar-refractivity contribution is 6.90. The molecule has 1 amide bonds. The predicted octanol–water partition coefficient (Wildman–Crippen LogP) is 5.43. The van der Waals surface area contributed by atoms with Crippen molar-refractivity contribution in [1.82, 2.24) is 10.2 Å². The van der Waals surface area contributed by atoms with Crippen molar-refractivity contribution in [3.8, 4) is 0 Å².